The normalized spacial score (nSPS) is 10.4. The average Bonchev–Trinajstić information content (AvgIpc) is 2.59. The summed E-state index contributed by atoms with van der Waals surface area (Å²) in [5.41, 5.74) is 2.67. The molecule has 0 bridgehead atoms. The number of nitrogens with one attached hydrogen (secondary N) is 2. The predicted molar refractivity (Wildman–Crippen MR) is 101 cm³/mol. The van der Waals surface area contributed by atoms with E-state index >= 15 is 0 Å². The highest BCUT2D eigenvalue weighted by Crippen LogP contribution is 2.21. The number of benzene rings is 2. The Morgan fingerprint density at radius 1 is 1.00 bits per heavy atom. The minimum atomic E-state index is -0.306. The number of hydrogen-bond acceptors (Lipinski definition) is 4. The number of rotatable bonds is 4. The van der Waals surface area contributed by atoms with Crippen LogP contribution in [0.3, 0.4) is 0 Å². The Hall–Kier alpha value is -2.63. The highest BCUT2D eigenvalue weighted by molar-refractivity contribution is 6.31. The summed E-state index contributed by atoms with van der Waals surface area (Å²) in [5.74, 6) is 0.0671. The van der Waals surface area contributed by atoms with Gasteiger partial charge >= 0.3 is 0 Å². The van der Waals surface area contributed by atoms with Crippen LogP contribution in [0, 0.1) is 6.92 Å². The Morgan fingerprint density at radius 3 is 2.44 bits per heavy atom. The lowest BCUT2D eigenvalue weighted by Gasteiger charge is -2.09. The Bertz CT molecular complexity index is 913. The molecule has 1 amide bonds. The van der Waals surface area contributed by atoms with Crippen molar-refractivity contribution in [1.82, 2.24) is 9.97 Å². The molecule has 2 N–H and O–H groups in total. The number of hydrogen-bond donors (Lipinski definition) is 2. The molecular weight excluding hydrogens is 359 g/mol. The highest BCUT2D eigenvalue weighted by Gasteiger charge is 2.10. The summed E-state index contributed by atoms with van der Waals surface area (Å²) in [5, 5.41) is 6.99. The van der Waals surface area contributed by atoms with Crippen molar-refractivity contribution in [1.29, 1.82) is 0 Å². The molecule has 3 rings (SSSR count). The van der Waals surface area contributed by atoms with Gasteiger partial charge in [0.2, 0.25) is 5.95 Å². The van der Waals surface area contributed by atoms with Crippen LogP contribution in [0.5, 0.6) is 0 Å². The summed E-state index contributed by atoms with van der Waals surface area (Å²) < 4.78 is 0. The minimum Gasteiger partial charge on any atom is -0.324 e. The molecule has 5 nitrogen and oxygen atoms in total. The lowest BCUT2D eigenvalue weighted by molar-refractivity contribution is 0.102. The van der Waals surface area contributed by atoms with Crippen LogP contribution in [0.25, 0.3) is 0 Å². The molecule has 0 radical (unpaired) electrons. The van der Waals surface area contributed by atoms with E-state index in [4.69, 9.17) is 23.2 Å². The summed E-state index contributed by atoms with van der Waals surface area (Å²) in [6, 6.07) is 12.5. The lowest BCUT2D eigenvalue weighted by atomic mass is 10.2. The molecule has 3 aromatic rings. The smallest absolute Gasteiger partial charge is 0.258 e. The van der Waals surface area contributed by atoms with Crippen molar-refractivity contribution in [2.24, 2.45) is 0 Å². The molecule has 1 heterocycles. The molecule has 126 valence electrons. The van der Waals surface area contributed by atoms with Crippen molar-refractivity contribution in [3.8, 4) is 0 Å². The Balaban J connectivity index is 1.71. The van der Waals surface area contributed by atoms with Crippen LogP contribution in [-0.4, -0.2) is 15.9 Å². The molecule has 1 aromatic heterocycles. The summed E-state index contributed by atoms with van der Waals surface area (Å²) in [7, 11) is 0. The zero-order valence-electron chi connectivity index (χ0n) is 13.3. The third kappa shape index (κ3) is 4.47. The molecule has 0 aliphatic rings. The number of aryl methyl sites for hydroxylation is 1. The van der Waals surface area contributed by atoms with Crippen molar-refractivity contribution in [3.05, 3.63) is 76.0 Å². The number of anilines is 3. The standard InChI is InChI=1S/C18H14Cl2N4O/c1-11-5-6-14(20)8-16(11)24-17(25)12-9-21-18(22-10-12)23-15-4-2-3-13(19)7-15/h2-10H,1H3,(H,24,25)(H,21,22,23). The average molecular weight is 373 g/mol. The number of amides is 1. The molecule has 0 unspecified atom stereocenters. The van der Waals surface area contributed by atoms with Gasteiger partial charge < -0.3 is 10.6 Å². The lowest BCUT2D eigenvalue weighted by Crippen LogP contribution is -2.14. The van der Waals surface area contributed by atoms with Gasteiger partial charge in [-0.15, -0.1) is 0 Å². The Morgan fingerprint density at radius 2 is 1.72 bits per heavy atom. The SMILES string of the molecule is Cc1ccc(Cl)cc1NC(=O)c1cnc(Nc2cccc(Cl)c2)nc1. The Kier molecular flexibility index (Phi) is 5.16. The van der Waals surface area contributed by atoms with Crippen LogP contribution in [0.2, 0.25) is 10.0 Å². The molecule has 0 aliphatic carbocycles. The zero-order chi connectivity index (χ0) is 17.8. The van der Waals surface area contributed by atoms with Crippen molar-refractivity contribution in [3.63, 3.8) is 0 Å². The fourth-order valence-electron chi connectivity index (χ4n) is 2.13. The van der Waals surface area contributed by atoms with Crippen LogP contribution in [0.1, 0.15) is 15.9 Å². The maximum absolute atomic E-state index is 12.3. The molecule has 7 heteroatoms. The topological polar surface area (TPSA) is 66.9 Å². The van der Waals surface area contributed by atoms with Crippen LogP contribution >= 0.6 is 23.2 Å². The van der Waals surface area contributed by atoms with Gasteiger partial charge in [-0.2, -0.15) is 0 Å². The first kappa shape index (κ1) is 17.2. The predicted octanol–water partition coefficient (Wildman–Crippen LogP) is 5.09. The molecule has 25 heavy (non-hydrogen) atoms. The molecule has 0 aliphatic heterocycles. The van der Waals surface area contributed by atoms with Gasteiger partial charge in [-0.25, -0.2) is 9.97 Å². The summed E-state index contributed by atoms with van der Waals surface area (Å²) in [4.78, 5) is 20.6. The second kappa shape index (κ2) is 7.51. The van der Waals surface area contributed by atoms with Crippen LogP contribution in [0.15, 0.2) is 54.9 Å². The maximum Gasteiger partial charge on any atom is 0.258 e. The number of aromatic nitrogens is 2. The van der Waals surface area contributed by atoms with E-state index < -0.39 is 0 Å². The largest absolute Gasteiger partial charge is 0.324 e. The Labute approximate surface area is 155 Å². The maximum atomic E-state index is 12.3. The number of nitrogens with zero attached hydrogens (tertiary/aromatic N) is 2. The second-order valence-corrected chi connectivity index (χ2v) is 6.22. The number of carbonyl (C=O) groups excluding carboxylic acids is 1. The highest BCUT2D eigenvalue weighted by atomic mass is 35.5. The van der Waals surface area contributed by atoms with E-state index in [1.54, 1.807) is 24.3 Å². The summed E-state index contributed by atoms with van der Waals surface area (Å²) >= 11 is 11.9. The van der Waals surface area contributed by atoms with E-state index in [2.05, 4.69) is 20.6 Å². The summed E-state index contributed by atoms with van der Waals surface area (Å²) in [6.45, 7) is 1.89. The molecule has 0 spiro atoms. The number of carbonyl (C=O) groups is 1. The van der Waals surface area contributed by atoms with E-state index in [-0.39, 0.29) is 5.91 Å². The van der Waals surface area contributed by atoms with E-state index in [0.717, 1.165) is 11.3 Å². The first-order valence-electron chi connectivity index (χ1n) is 7.43. The third-order valence-corrected chi connectivity index (χ3v) is 3.91. The van der Waals surface area contributed by atoms with E-state index in [9.17, 15) is 4.79 Å². The van der Waals surface area contributed by atoms with E-state index in [0.29, 0.717) is 27.2 Å². The third-order valence-electron chi connectivity index (χ3n) is 3.44. The van der Waals surface area contributed by atoms with Crippen LogP contribution in [0.4, 0.5) is 17.3 Å². The van der Waals surface area contributed by atoms with Crippen LogP contribution in [-0.2, 0) is 0 Å². The monoisotopic (exact) mass is 372 g/mol. The fraction of sp³-hybridized carbons (Fsp3) is 0.0556. The first-order valence-corrected chi connectivity index (χ1v) is 8.19. The first-order chi connectivity index (χ1) is 12.0. The molecule has 0 saturated heterocycles. The van der Waals surface area contributed by atoms with Gasteiger partial charge in [0.25, 0.3) is 5.91 Å². The minimum absolute atomic E-state index is 0.306. The van der Waals surface area contributed by atoms with Crippen LogP contribution < -0.4 is 10.6 Å². The van der Waals surface area contributed by atoms with Gasteiger partial charge in [-0.1, -0.05) is 35.3 Å². The molecule has 0 fully saturated rings. The van der Waals surface area contributed by atoms with Crippen molar-refractivity contribution in [2.45, 2.75) is 6.92 Å². The van der Waals surface area contributed by atoms with Crippen molar-refractivity contribution < 1.29 is 4.79 Å². The van der Waals surface area contributed by atoms with Gasteiger partial charge in [0, 0.05) is 33.8 Å². The van der Waals surface area contributed by atoms with Gasteiger partial charge in [-0.05, 0) is 42.8 Å². The zero-order valence-corrected chi connectivity index (χ0v) is 14.8. The van der Waals surface area contributed by atoms with Crippen molar-refractivity contribution >= 4 is 46.4 Å². The molecule has 0 atom stereocenters. The molecule has 2 aromatic carbocycles. The molecular formula is C18H14Cl2N4O. The molecule has 0 saturated carbocycles. The quantitative estimate of drug-likeness (QED) is 0.669. The second-order valence-electron chi connectivity index (χ2n) is 5.34. The summed E-state index contributed by atoms with van der Waals surface area (Å²) in [6.07, 6.45) is 2.91. The van der Waals surface area contributed by atoms with Crippen molar-refractivity contribution in [2.75, 3.05) is 10.6 Å². The van der Waals surface area contributed by atoms with Gasteiger partial charge in [-0.3, -0.25) is 4.79 Å². The van der Waals surface area contributed by atoms with E-state index in [1.807, 2.05) is 25.1 Å². The van der Waals surface area contributed by atoms with E-state index in [1.165, 1.54) is 12.4 Å². The van der Waals surface area contributed by atoms with Gasteiger partial charge in [0.1, 0.15) is 0 Å². The number of halogens is 2. The fourth-order valence-corrected chi connectivity index (χ4v) is 2.49. The van der Waals surface area contributed by atoms with Gasteiger partial charge in [0.05, 0.1) is 5.56 Å². The van der Waals surface area contributed by atoms with Gasteiger partial charge in [0.15, 0.2) is 0 Å².